The molecule has 0 spiro atoms. The Kier molecular flexibility index (Phi) is 5.48. The number of non-ortho nitro benzene ring substituents is 1. The lowest BCUT2D eigenvalue weighted by Gasteiger charge is -2.37. The van der Waals surface area contributed by atoms with Gasteiger partial charge in [-0.15, -0.1) is 0 Å². The van der Waals surface area contributed by atoms with Crippen LogP contribution in [0.2, 0.25) is 0 Å². The van der Waals surface area contributed by atoms with Gasteiger partial charge in [-0.2, -0.15) is 5.10 Å². The number of nitrogens with one attached hydrogen (secondary N) is 1. The first kappa shape index (κ1) is 20.3. The standard InChI is InChI=1S/C21H19N7O2.CH4/c29-28(30)18-3-1-2-17(11-18)26-6-8-27(9-7-26)21-19-10-15(16-12-24-25-13-16)4-5-20(19)22-14-23-21;/h1-5,10-14H,6-9H2,(H,24,25);1H4. The molecular formula is C22H23N7O2. The Morgan fingerprint density at radius 2 is 1.77 bits per heavy atom. The number of rotatable bonds is 4. The van der Waals surface area contributed by atoms with Crippen LogP contribution in [0.4, 0.5) is 17.2 Å². The maximum absolute atomic E-state index is 11.1. The van der Waals surface area contributed by atoms with E-state index in [0.29, 0.717) is 0 Å². The van der Waals surface area contributed by atoms with Crippen LogP contribution in [0.5, 0.6) is 0 Å². The largest absolute Gasteiger partial charge is 0.368 e. The fourth-order valence-electron chi connectivity index (χ4n) is 3.86. The minimum Gasteiger partial charge on any atom is -0.368 e. The fourth-order valence-corrected chi connectivity index (χ4v) is 3.86. The topological polar surface area (TPSA) is 104 Å². The van der Waals surface area contributed by atoms with E-state index >= 15 is 0 Å². The van der Waals surface area contributed by atoms with Gasteiger partial charge in [-0.1, -0.05) is 19.6 Å². The molecule has 0 radical (unpaired) electrons. The summed E-state index contributed by atoms with van der Waals surface area (Å²) < 4.78 is 0. The molecule has 2 aromatic heterocycles. The van der Waals surface area contributed by atoms with Gasteiger partial charge in [0, 0.05) is 61.1 Å². The molecule has 1 aliphatic heterocycles. The third-order valence-corrected chi connectivity index (χ3v) is 5.43. The van der Waals surface area contributed by atoms with Crippen molar-refractivity contribution in [2.24, 2.45) is 0 Å². The first-order chi connectivity index (χ1) is 14.7. The van der Waals surface area contributed by atoms with Crippen LogP contribution >= 0.6 is 0 Å². The van der Waals surface area contributed by atoms with Crippen molar-refractivity contribution >= 4 is 28.1 Å². The van der Waals surface area contributed by atoms with Gasteiger partial charge in [0.2, 0.25) is 0 Å². The van der Waals surface area contributed by atoms with Crippen LogP contribution in [0.15, 0.2) is 61.2 Å². The lowest BCUT2D eigenvalue weighted by molar-refractivity contribution is -0.384. The molecule has 4 aromatic rings. The molecule has 0 aliphatic carbocycles. The molecule has 0 unspecified atom stereocenters. The monoisotopic (exact) mass is 417 g/mol. The Balaban J connectivity index is 0.00000231. The van der Waals surface area contributed by atoms with Crippen LogP contribution in [0, 0.1) is 10.1 Å². The average molecular weight is 417 g/mol. The summed E-state index contributed by atoms with van der Waals surface area (Å²) in [6, 6.07) is 12.9. The summed E-state index contributed by atoms with van der Waals surface area (Å²) in [4.78, 5) is 24.1. The molecule has 3 heterocycles. The number of nitrogens with zero attached hydrogens (tertiary/aromatic N) is 6. The Hall–Kier alpha value is -4.01. The van der Waals surface area contributed by atoms with E-state index in [1.165, 1.54) is 6.07 Å². The Morgan fingerprint density at radius 3 is 2.52 bits per heavy atom. The minimum atomic E-state index is -0.357. The number of fused-ring (bicyclic) bond motifs is 1. The number of benzene rings is 2. The molecule has 9 nitrogen and oxygen atoms in total. The van der Waals surface area contributed by atoms with E-state index < -0.39 is 0 Å². The van der Waals surface area contributed by atoms with Crippen LogP contribution in [-0.2, 0) is 0 Å². The number of H-pyrrole nitrogens is 1. The second kappa shape index (κ2) is 8.39. The molecule has 0 saturated carbocycles. The minimum absolute atomic E-state index is 0. The molecule has 9 heteroatoms. The third kappa shape index (κ3) is 3.89. The zero-order valence-electron chi connectivity index (χ0n) is 16.1. The number of anilines is 2. The highest BCUT2D eigenvalue weighted by Gasteiger charge is 2.21. The average Bonchev–Trinajstić information content (AvgIpc) is 3.34. The summed E-state index contributed by atoms with van der Waals surface area (Å²) in [5.74, 6) is 0.907. The van der Waals surface area contributed by atoms with Crippen molar-refractivity contribution in [3.63, 3.8) is 0 Å². The lowest BCUT2D eigenvalue weighted by Crippen LogP contribution is -2.46. The number of nitro benzene ring substituents is 1. The molecular weight excluding hydrogens is 394 g/mol. The molecule has 2 aromatic carbocycles. The quantitative estimate of drug-likeness (QED) is 0.397. The van der Waals surface area contributed by atoms with E-state index in [2.05, 4.69) is 36.0 Å². The van der Waals surface area contributed by atoms with Crippen molar-refractivity contribution in [2.45, 2.75) is 7.43 Å². The van der Waals surface area contributed by atoms with Gasteiger partial charge >= 0.3 is 0 Å². The summed E-state index contributed by atoms with van der Waals surface area (Å²) >= 11 is 0. The number of nitro groups is 1. The highest BCUT2D eigenvalue weighted by atomic mass is 16.6. The molecule has 0 amide bonds. The SMILES string of the molecule is C.O=[N+]([O-])c1cccc(N2CCN(c3ncnc4ccc(-c5cn[nH]c5)cc34)CC2)c1. The second-order valence-corrected chi connectivity index (χ2v) is 7.17. The smallest absolute Gasteiger partial charge is 0.271 e. The molecule has 5 rings (SSSR count). The normalized spacial score (nSPS) is 13.8. The van der Waals surface area contributed by atoms with Gasteiger partial charge in [0.15, 0.2) is 0 Å². The van der Waals surface area contributed by atoms with E-state index in [1.807, 2.05) is 24.4 Å². The van der Waals surface area contributed by atoms with Gasteiger partial charge in [-0.25, -0.2) is 9.97 Å². The summed E-state index contributed by atoms with van der Waals surface area (Å²) in [5, 5.41) is 18.9. The van der Waals surface area contributed by atoms with E-state index in [0.717, 1.165) is 59.7 Å². The summed E-state index contributed by atoms with van der Waals surface area (Å²) in [5.41, 5.74) is 3.96. The van der Waals surface area contributed by atoms with Crippen molar-refractivity contribution in [2.75, 3.05) is 36.0 Å². The van der Waals surface area contributed by atoms with Crippen molar-refractivity contribution < 1.29 is 4.92 Å². The Morgan fingerprint density at radius 1 is 0.968 bits per heavy atom. The highest BCUT2D eigenvalue weighted by Crippen LogP contribution is 2.30. The molecule has 1 N–H and O–H groups in total. The number of hydrogen-bond donors (Lipinski definition) is 1. The van der Waals surface area contributed by atoms with Gasteiger partial charge in [-0.05, 0) is 23.8 Å². The first-order valence-corrected chi connectivity index (χ1v) is 9.67. The van der Waals surface area contributed by atoms with Crippen LogP contribution < -0.4 is 9.80 Å². The maximum Gasteiger partial charge on any atom is 0.271 e. The van der Waals surface area contributed by atoms with Gasteiger partial charge in [0.25, 0.3) is 5.69 Å². The molecule has 1 fully saturated rings. The fraction of sp³-hybridized carbons (Fsp3) is 0.227. The lowest BCUT2D eigenvalue weighted by atomic mass is 10.1. The van der Waals surface area contributed by atoms with Crippen molar-refractivity contribution in [1.82, 2.24) is 20.2 Å². The highest BCUT2D eigenvalue weighted by molar-refractivity contribution is 5.92. The van der Waals surface area contributed by atoms with Crippen LogP contribution in [0.3, 0.4) is 0 Å². The predicted molar refractivity (Wildman–Crippen MR) is 121 cm³/mol. The van der Waals surface area contributed by atoms with Gasteiger partial charge in [0.1, 0.15) is 12.1 Å². The van der Waals surface area contributed by atoms with Gasteiger partial charge in [0.05, 0.1) is 16.6 Å². The van der Waals surface area contributed by atoms with Gasteiger partial charge in [-0.3, -0.25) is 15.2 Å². The summed E-state index contributed by atoms with van der Waals surface area (Å²) in [6.45, 7) is 3.05. The molecule has 0 atom stereocenters. The van der Waals surface area contributed by atoms with Crippen LogP contribution in [0.25, 0.3) is 22.0 Å². The van der Waals surface area contributed by atoms with Crippen molar-refractivity contribution in [3.8, 4) is 11.1 Å². The van der Waals surface area contributed by atoms with Crippen LogP contribution in [-0.4, -0.2) is 51.3 Å². The van der Waals surface area contributed by atoms with E-state index in [1.54, 1.807) is 24.7 Å². The zero-order chi connectivity index (χ0) is 20.5. The maximum atomic E-state index is 11.1. The number of piperazine rings is 1. The summed E-state index contributed by atoms with van der Waals surface area (Å²) in [6.07, 6.45) is 5.26. The van der Waals surface area contributed by atoms with E-state index in [-0.39, 0.29) is 18.0 Å². The van der Waals surface area contributed by atoms with E-state index in [9.17, 15) is 10.1 Å². The first-order valence-electron chi connectivity index (χ1n) is 9.67. The van der Waals surface area contributed by atoms with E-state index in [4.69, 9.17) is 0 Å². The molecule has 0 bridgehead atoms. The number of aromatic nitrogens is 4. The van der Waals surface area contributed by atoms with Crippen molar-refractivity contribution in [3.05, 3.63) is 71.3 Å². The predicted octanol–water partition coefficient (Wildman–Crippen LogP) is 3.89. The molecule has 31 heavy (non-hydrogen) atoms. The number of aromatic amines is 1. The second-order valence-electron chi connectivity index (χ2n) is 7.17. The summed E-state index contributed by atoms with van der Waals surface area (Å²) in [7, 11) is 0. The van der Waals surface area contributed by atoms with Gasteiger partial charge < -0.3 is 9.80 Å². The zero-order valence-corrected chi connectivity index (χ0v) is 16.1. The Labute approximate surface area is 179 Å². The Bertz CT molecular complexity index is 1200. The van der Waals surface area contributed by atoms with Crippen molar-refractivity contribution in [1.29, 1.82) is 0 Å². The molecule has 1 aliphatic rings. The number of hydrogen-bond acceptors (Lipinski definition) is 7. The molecule has 1 saturated heterocycles. The molecule has 158 valence electrons. The van der Waals surface area contributed by atoms with Crippen LogP contribution in [0.1, 0.15) is 7.43 Å². The third-order valence-electron chi connectivity index (χ3n) is 5.43.